The van der Waals surface area contributed by atoms with Crippen LogP contribution in [0.2, 0.25) is 0 Å². The highest BCUT2D eigenvalue weighted by Gasteiger charge is 2.32. The van der Waals surface area contributed by atoms with E-state index in [2.05, 4.69) is 27.2 Å². The number of benzene rings is 3. The quantitative estimate of drug-likeness (QED) is 0.485. The van der Waals surface area contributed by atoms with Crippen molar-refractivity contribution in [1.29, 1.82) is 5.26 Å². The zero-order chi connectivity index (χ0) is 21.4. The number of likely N-dealkylation sites (tertiary alicyclic amines) is 1. The number of fused-ring (bicyclic) bond motifs is 1. The minimum absolute atomic E-state index is 0. The van der Waals surface area contributed by atoms with Crippen molar-refractivity contribution < 1.29 is 14.4 Å². The number of aromatic nitrogens is 2. The van der Waals surface area contributed by atoms with Crippen LogP contribution in [0, 0.1) is 17.2 Å². The number of halogens is 1. The predicted octanol–water partition coefficient (Wildman–Crippen LogP) is 4.37. The molecule has 1 fully saturated rings. The molecule has 1 aromatic heterocycles. The number of hydrogen-bond acceptors (Lipinski definition) is 6. The summed E-state index contributed by atoms with van der Waals surface area (Å²) in [7, 11) is 0. The van der Waals surface area contributed by atoms with Gasteiger partial charge in [0.2, 0.25) is 5.82 Å². The van der Waals surface area contributed by atoms with Crippen LogP contribution in [-0.2, 0) is 11.3 Å². The molecule has 5 rings (SSSR count). The standard InChI is InChI=1S/C24H18N4O3.ClH/c25-11-15-4-3-5-16(10-15)23-26-22(27-31-23)21-9-8-17(19-6-1-2-7-20(19)21)12-28-13-18(14-28)24(29)30;/h1-10,18H,12-14H2,(H,29,30);1H. The van der Waals surface area contributed by atoms with Gasteiger partial charge in [0.05, 0.1) is 17.6 Å². The van der Waals surface area contributed by atoms with Gasteiger partial charge in [-0.3, -0.25) is 9.69 Å². The maximum atomic E-state index is 11.1. The second kappa shape index (κ2) is 8.79. The van der Waals surface area contributed by atoms with Crippen LogP contribution in [0.3, 0.4) is 0 Å². The average molecular weight is 447 g/mol. The number of hydrogen-bond donors (Lipinski definition) is 1. The maximum Gasteiger partial charge on any atom is 0.309 e. The molecule has 32 heavy (non-hydrogen) atoms. The highest BCUT2D eigenvalue weighted by atomic mass is 35.5. The van der Waals surface area contributed by atoms with Gasteiger partial charge >= 0.3 is 5.97 Å². The summed E-state index contributed by atoms with van der Waals surface area (Å²) in [5.41, 5.74) is 3.22. The lowest BCUT2D eigenvalue weighted by Gasteiger charge is -2.36. The first-order valence-corrected chi connectivity index (χ1v) is 9.93. The van der Waals surface area contributed by atoms with E-state index in [1.165, 1.54) is 0 Å². The predicted molar refractivity (Wildman–Crippen MR) is 121 cm³/mol. The van der Waals surface area contributed by atoms with Gasteiger partial charge in [-0.1, -0.05) is 47.6 Å². The van der Waals surface area contributed by atoms with E-state index < -0.39 is 5.97 Å². The Morgan fingerprint density at radius 2 is 1.91 bits per heavy atom. The van der Waals surface area contributed by atoms with Gasteiger partial charge in [0.1, 0.15) is 0 Å². The van der Waals surface area contributed by atoms with E-state index in [0.29, 0.717) is 42.5 Å². The number of rotatable bonds is 5. The molecule has 0 bridgehead atoms. The zero-order valence-corrected chi connectivity index (χ0v) is 17.7. The molecule has 1 N–H and O–H groups in total. The van der Waals surface area contributed by atoms with E-state index in [1.807, 2.05) is 36.4 Å². The third kappa shape index (κ3) is 3.94. The van der Waals surface area contributed by atoms with E-state index in [4.69, 9.17) is 14.9 Å². The van der Waals surface area contributed by atoms with Crippen LogP contribution in [-0.4, -0.2) is 39.2 Å². The van der Waals surface area contributed by atoms with Gasteiger partial charge in [0.25, 0.3) is 5.89 Å². The minimum atomic E-state index is -0.732. The van der Waals surface area contributed by atoms with Crippen molar-refractivity contribution in [3.8, 4) is 28.9 Å². The maximum absolute atomic E-state index is 11.1. The molecule has 0 radical (unpaired) electrons. The van der Waals surface area contributed by atoms with Crippen molar-refractivity contribution in [2.75, 3.05) is 13.1 Å². The van der Waals surface area contributed by atoms with Crippen LogP contribution in [0.4, 0.5) is 0 Å². The molecule has 8 heteroatoms. The first-order chi connectivity index (χ1) is 15.1. The van der Waals surface area contributed by atoms with E-state index in [-0.39, 0.29) is 18.3 Å². The Morgan fingerprint density at radius 3 is 2.66 bits per heavy atom. The molecule has 0 amide bonds. The lowest BCUT2D eigenvalue weighted by molar-refractivity contribution is -0.147. The third-order valence-electron chi connectivity index (χ3n) is 5.62. The summed E-state index contributed by atoms with van der Waals surface area (Å²) in [4.78, 5) is 17.8. The fourth-order valence-electron chi connectivity index (χ4n) is 3.96. The Hall–Kier alpha value is -3.73. The van der Waals surface area contributed by atoms with Gasteiger partial charge in [-0.05, 0) is 34.5 Å². The van der Waals surface area contributed by atoms with Gasteiger partial charge in [-0.2, -0.15) is 10.2 Å². The average Bonchev–Trinajstić information content (AvgIpc) is 3.25. The Balaban J connectivity index is 0.00000245. The largest absolute Gasteiger partial charge is 0.481 e. The monoisotopic (exact) mass is 446 g/mol. The van der Waals surface area contributed by atoms with E-state index in [0.717, 1.165) is 21.9 Å². The molecular weight excluding hydrogens is 428 g/mol. The van der Waals surface area contributed by atoms with Crippen LogP contribution in [0.25, 0.3) is 33.6 Å². The molecule has 2 heterocycles. The molecule has 3 aromatic carbocycles. The smallest absolute Gasteiger partial charge is 0.309 e. The summed E-state index contributed by atoms with van der Waals surface area (Å²) in [6.07, 6.45) is 0. The van der Waals surface area contributed by atoms with Crippen molar-refractivity contribution in [3.05, 3.63) is 71.8 Å². The number of nitrogens with zero attached hydrogens (tertiary/aromatic N) is 4. The lowest BCUT2D eigenvalue weighted by Crippen LogP contribution is -2.49. The number of carboxylic acid groups (broad SMARTS) is 1. The lowest BCUT2D eigenvalue weighted by atomic mass is 9.95. The molecule has 7 nitrogen and oxygen atoms in total. The van der Waals surface area contributed by atoms with Gasteiger partial charge in [-0.15, -0.1) is 12.4 Å². The molecule has 160 valence electrons. The summed E-state index contributed by atoms with van der Waals surface area (Å²) in [6, 6.07) is 21.2. The molecule has 0 spiro atoms. The number of aliphatic carboxylic acids is 1. The van der Waals surface area contributed by atoms with Gasteiger partial charge in [0.15, 0.2) is 0 Å². The summed E-state index contributed by atoms with van der Waals surface area (Å²) in [5.74, 6) is -0.164. The molecule has 0 aliphatic carbocycles. The van der Waals surface area contributed by atoms with Crippen molar-refractivity contribution >= 4 is 29.1 Å². The summed E-state index contributed by atoms with van der Waals surface area (Å²) < 4.78 is 5.47. The van der Waals surface area contributed by atoms with Gasteiger partial charge < -0.3 is 9.63 Å². The first kappa shape index (κ1) is 21.5. The topological polar surface area (TPSA) is 103 Å². The molecule has 4 aromatic rings. The van der Waals surface area contributed by atoms with Crippen molar-refractivity contribution in [1.82, 2.24) is 15.0 Å². The second-order valence-electron chi connectivity index (χ2n) is 7.66. The van der Waals surface area contributed by atoms with Gasteiger partial charge in [-0.25, -0.2) is 0 Å². The highest BCUT2D eigenvalue weighted by Crippen LogP contribution is 2.32. The number of carboxylic acids is 1. The third-order valence-corrected chi connectivity index (χ3v) is 5.62. The summed E-state index contributed by atoms with van der Waals surface area (Å²) in [6.45, 7) is 1.84. The summed E-state index contributed by atoms with van der Waals surface area (Å²) in [5, 5.41) is 24.5. The Labute approximate surface area is 190 Å². The highest BCUT2D eigenvalue weighted by molar-refractivity contribution is 5.97. The summed E-state index contributed by atoms with van der Waals surface area (Å²) >= 11 is 0. The van der Waals surface area contributed by atoms with Crippen LogP contribution in [0.15, 0.2) is 65.2 Å². The van der Waals surface area contributed by atoms with E-state index in [1.54, 1.807) is 18.2 Å². The fourth-order valence-corrected chi connectivity index (χ4v) is 3.96. The second-order valence-corrected chi connectivity index (χ2v) is 7.66. The Kier molecular flexibility index (Phi) is 5.91. The minimum Gasteiger partial charge on any atom is -0.481 e. The SMILES string of the molecule is Cl.N#Cc1cccc(-c2nc(-c3ccc(CN4CC(C(=O)O)C4)c4ccccc34)no2)c1. The molecule has 0 atom stereocenters. The van der Waals surface area contributed by atoms with Crippen LogP contribution in [0.1, 0.15) is 11.1 Å². The number of nitriles is 1. The van der Waals surface area contributed by atoms with E-state index >= 15 is 0 Å². The van der Waals surface area contributed by atoms with Crippen LogP contribution >= 0.6 is 12.4 Å². The van der Waals surface area contributed by atoms with Gasteiger partial charge in [0, 0.05) is 30.8 Å². The molecule has 1 saturated heterocycles. The van der Waals surface area contributed by atoms with Crippen molar-refractivity contribution in [2.24, 2.45) is 5.92 Å². The van der Waals surface area contributed by atoms with Crippen LogP contribution in [0.5, 0.6) is 0 Å². The van der Waals surface area contributed by atoms with E-state index in [9.17, 15) is 4.79 Å². The Bertz CT molecular complexity index is 1340. The zero-order valence-electron chi connectivity index (χ0n) is 16.9. The normalized spacial score (nSPS) is 13.8. The molecule has 0 unspecified atom stereocenters. The Morgan fingerprint density at radius 1 is 1.12 bits per heavy atom. The fraction of sp³-hybridized carbons (Fsp3) is 0.167. The molecular formula is C24H19ClN4O3. The molecule has 0 saturated carbocycles. The van der Waals surface area contributed by atoms with Crippen molar-refractivity contribution in [2.45, 2.75) is 6.54 Å². The van der Waals surface area contributed by atoms with Crippen LogP contribution < -0.4 is 0 Å². The first-order valence-electron chi connectivity index (χ1n) is 9.93. The van der Waals surface area contributed by atoms with Crippen molar-refractivity contribution in [3.63, 3.8) is 0 Å². The number of carbonyl (C=O) groups is 1. The molecule has 1 aliphatic heterocycles. The molecule has 1 aliphatic rings.